The molecule has 3 rings (SSSR count). The van der Waals surface area contributed by atoms with E-state index in [1.807, 2.05) is 13.0 Å². The van der Waals surface area contributed by atoms with Crippen LogP contribution < -0.4 is 5.32 Å². The average Bonchev–Trinajstić information content (AvgIpc) is 2.55. The molecule has 0 saturated carbocycles. The topological polar surface area (TPSA) is 78.3 Å². The second-order valence-corrected chi connectivity index (χ2v) is 6.39. The van der Waals surface area contributed by atoms with Crippen molar-refractivity contribution in [2.75, 3.05) is 25.5 Å². The van der Waals surface area contributed by atoms with Gasteiger partial charge in [0.05, 0.1) is 11.3 Å². The predicted octanol–water partition coefficient (Wildman–Crippen LogP) is 2.66. The number of hydrogen-bond donors (Lipinski definition) is 2. The van der Waals surface area contributed by atoms with Gasteiger partial charge in [0.25, 0.3) is 0 Å². The Kier molecular flexibility index (Phi) is 4.76. The monoisotopic (exact) mass is 326 g/mol. The van der Waals surface area contributed by atoms with Crippen LogP contribution in [0.1, 0.15) is 28.8 Å². The number of rotatable bonds is 4. The second kappa shape index (κ2) is 6.97. The number of aromatic nitrogens is 2. The Morgan fingerprint density at radius 1 is 1.29 bits per heavy atom. The number of carboxylic acid groups (broad SMARTS) is 1. The third kappa shape index (κ3) is 3.71. The fourth-order valence-electron chi connectivity index (χ4n) is 3.11. The highest BCUT2D eigenvalue weighted by Crippen LogP contribution is 2.23. The van der Waals surface area contributed by atoms with E-state index in [0.717, 1.165) is 42.1 Å². The van der Waals surface area contributed by atoms with Gasteiger partial charge in [-0.3, -0.25) is 0 Å². The normalized spacial score (nSPS) is 18.3. The number of benzene rings is 1. The van der Waals surface area contributed by atoms with Gasteiger partial charge in [-0.05, 0) is 57.1 Å². The van der Waals surface area contributed by atoms with E-state index in [4.69, 9.17) is 5.11 Å². The molecular weight excluding hydrogens is 304 g/mol. The summed E-state index contributed by atoms with van der Waals surface area (Å²) in [4.78, 5) is 13.3. The molecule has 1 fully saturated rings. The van der Waals surface area contributed by atoms with Gasteiger partial charge in [0.2, 0.25) is 0 Å². The Balaban J connectivity index is 1.75. The van der Waals surface area contributed by atoms with E-state index in [9.17, 15) is 4.79 Å². The van der Waals surface area contributed by atoms with E-state index < -0.39 is 5.97 Å². The number of aryl methyl sites for hydroxylation is 1. The van der Waals surface area contributed by atoms with Crippen molar-refractivity contribution in [3.05, 3.63) is 41.5 Å². The standard InChI is InChI=1S/C18H22N4O2/c1-12-10-16(19-15-4-3-9-22(2)11-15)20-21-17(12)13-5-7-14(8-6-13)18(23)24/h5-8,10,15H,3-4,9,11H2,1-2H3,(H,19,20)(H,23,24)/t15-/m1/s1. The van der Waals surface area contributed by atoms with Gasteiger partial charge < -0.3 is 15.3 Å². The van der Waals surface area contributed by atoms with Gasteiger partial charge in [0.15, 0.2) is 0 Å². The highest BCUT2D eigenvalue weighted by Gasteiger charge is 2.18. The van der Waals surface area contributed by atoms with Gasteiger partial charge in [-0.15, -0.1) is 10.2 Å². The lowest BCUT2D eigenvalue weighted by Gasteiger charge is -2.30. The third-order valence-electron chi connectivity index (χ3n) is 4.37. The lowest BCUT2D eigenvalue weighted by molar-refractivity contribution is 0.0697. The van der Waals surface area contributed by atoms with Gasteiger partial charge in [0, 0.05) is 18.2 Å². The van der Waals surface area contributed by atoms with E-state index in [-0.39, 0.29) is 5.56 Å². The summed E-state index contributed by atoms with van der Waals surface area (Å²) in [5.41, 5.74) is 2.93. The summed E-state index contributed by atoms with van der Waals surface area (Å²) in [5, 5.41) is 21.1. The Morgan fingerprint density at radius 2 is 2.04 bits per heavy atom. The van der Waals surface area contributed by atoms with Crippen LogP contribution in [0.2, 0.25) is 0 Å². The number of piperidine rings is 1. The summed E-state index contributed by atoms with van der Waals surface area (Å²) in [6.45, 7) is 4.15. The van der Waals surface area contributed by atoms with Crippen LogP contribution in [0.5, 0.6) is 0 Å². The number of likely N-dealkylation sites (N-methyl/N-ethyl adjacent to an activating group) is 1. The third-order valence-corrected chi connectivity index (χ3v) is 4.37. The van der Waals surface area contributed by atoms with Crippen molar-refractivity contribution < 1.29 is 9.90 Å². The average molecular weight is 326 g/mol. The van der Waals surface area contributed by atoms with Crippen LogP contribution >= 0.6 is 0 Å². The number of carboxylic acids is 1. The first-order valence-electron chi connectivity index (χ1n) is 8.16. The highest BCUT2D eigenvalue weighted by atomic mass is 16.4. The first-order chi connectivity index (χ1) is 11.5. The molecule has 2 heterocycles. The Hall–Kier alpha value is -2.47. The molecule has 0 unspecified atom stereocenters. The van der Waals surface area contributed by atoms with Crippen molar-refractivity contribution >= 4 is 11.8 Å². The van der Waals surface area contributed by atoms with E-state index >= 15 is 0 Å². The molecule has 0 spiro atoms. The predicted molar refractivity (Wildman–Crippen MR) is 93.3 cm³/mol. The molecule has 1 atom stereocenters. The number of likely N-dealkylation sites (tertiary alicyclic amines) is 1. The van der Waals surface area contributed by atoms with Crippen molar-refractivity contribution in [1.29, 1.82) is 0 Å². The van der Waals surface area contributed by atoms with Gasteiger partial charge in [-0.1, -0.05) is 12.1 Å². The summed E-state index contributed by atoms with van der Waals surface area (Å²) < 4.78 is 0. The lowest BCUT2D eigenvalue weighted by atomic mass is 10.0. The SMILES string of the molecule is Cc1cc(N[C@@H]2CCCN(C)C2)nnc1-c1ccc(C(=O)O)cc1. The Labute approximate surface area is 141 Å². The van der Waals surface area contributed by atoms with E-state index in [1.54, 1.807) is 24.3 Å². The molecule has 0 aliphatic carbocycles. The van der Waals surface area contributed by atoms with Crippen molar-refractivity contribution in [3.8, 4) is 11.3 Å². The number of anilines is 1. The van der Waals surface area contributed by atoms with Crippen LogP contribution in [0.3, 0.4) is 0 Å². The van der Waals surface area contributed by atoms with E-state index in [1.165, 1.54) is 6.42 Å². The number of nitrogens with zero attached hydrogens (tertiary/aromatic N) is 3. The summed E-state index contributed by atoms with van der Waals surface area (Å²) in [7, 11) is 2.13. The fourth-order valence-corrected chi connectivity index (χ4v) is 3.11. The van der Waals surface area contributed by atoms with Crippen LogP contribution in [0.4, 0.5) is 5.82 Å². The van der Waals surface area contributed by atoms with Crippen molar-refractivity contribution in [3.63, 3.8) is 0 Å². The molecule has 24 heavy (non-hydrogen) atoms. The Bertz CT molecular complexity index is 730. The summed E-state index contributed by atoms with van der Waals surface area (Å²) >= 11 is 0. The zero-order chi connectivity index (χ0) is 17.1. The summed E-state index contributed by atoms with van der Waals surface area (Å²) in [5.74, 6) is -0.139. The highest BCUT2D eigenvalue weighted by molar-refractivity contribution is 5.88. The zero-order valence-electron chi connectivity index (χ0n) is 14.0. The molecular formula is C18H22N4O2. The minimum atomic E-state index is -0.929. The van der Waals surface area contributed by atoms with E-state index in [0.29, 0.717) is 6.04 Å². The van der Waals surface area contributed by atoms with Crippen LogP contribution in [0, 0.1) is 6.92 Å². The zero-order valence-corrected chi connectivity index (χ0v) is 14.0. The molecule has 1 aliphatic heterocycles. The maximum Gasteiger partial charge on any atom is 0.335 e. The molecule has 1 saturated heterocycles. The smallest absolute Gasteiger partial charge is 0.335 e. The van der Waals surface area contributed by atoms with Gasteiger partial charge in [-0.25, -0.2) is 4.79 Å². The molecule has 1 aromatic heterocycles. The van der Waals surface area contributed by atoms with Crippen molar-refractivity contribution in [2.45, 2.75) is 25.8 Å². The Morgan fingerprint density at radius 3 is 2.67 bits per heavy atom. The van der Waals surface area contributed by atoms with Gasteiger partial charge in [-0.2, -0.15) is 0 Å². The molecule has 2 aromatic rings. The maximum atomic E-state index is 10.9. The quantitative estimate of drug-likeness (QED) is 0.899. The fraction of sp³-hybridized carbons (Fsp3) is 0.389. The van der Waals surface area contributed by atoms with Crippen molar-refractivity contribution in [1.82, 2.24) is 15.1 Å². The molecule has 126 valence electrons. The molecule has 6 nitrogen and oxygen atoms in total. The van der Waals surface area contributed by atoms with Gasteiger partial charge >= 0.3 is 5.97 Å². The second-order valence-electron chi connectivity index (χ2n) is 6.39. The number of hydrogen-bond acceptors (Lipinski definition) is 5. The minimum Gasteiger partial charge on any atom is -0.478 e. The molecule has 0 bridgehead atoms. The maximum absolute atomic E-state index is 10.9. The van der Waals surface area contributed by atoms with Crippen molar-refractivity contribution in [2.24, 2.45) is 0 Å². The van der Waals surface area contributed by atoms with Crippen LogP contribution in [-0.4, -0.2) is 52.4 Å². The molecule has 0 radical (unpaired) electrons. The van der Waals surface area contributed by atoms with Crippen LogP contribution in [0.25, 0.3) is 11.3 Å². The minimum absolute atomic E-state index is 0.268. The lowest BCUT2D eigenvalue weighted by Crippen LogP contribution is -2.39. The number of aromatic carboxylic acids is 1. The molecule has 2 N–H and O–H groups in total. The number of carbonyl (C=O) groups is 1. The molecule has 1 aliphatic rings. The van der Waals surface area contributed by atoms with Crippen LogP contribution in [0.15, 0.2) is 30.3 Å². The molecule has 1 aromatic carbocycles. The largest absolute Gasteiger partial charge is 0.478 e. The van der Waals surface area contributed by atoms with Gasteiger partial charge in [0.1, 0.15) is 5.82 Å². The summed E-state index contributed by atoms with van der Waals surface area (Å²) in [6.07, 6.45) is 2.33. The molecule has 0 amide bonds. The first-order valence-corrected chi connectivity index (χ1v) is 8.16. The number of nitrogens with one attached hydrogen (secondary N) is 1. The van der Waals surface area contributed by atoms with E-state index in [2.05, 4.69) is 27.5 Å². The molecule has 6 heteroatoms. The first kappa shape index (κ1) is 16.4. The summed E-state index contributed by atoms with van der Waals surface area (Å²) in [6, 6.07) is 9.11. The van der Waals surface area contributed by atoms with Crippen LogP contribution in [-0.2, 0) is 0 Å².